The molecular formula is C17H22N2O3. The van der Waals surface area contributed by atoms with Crippen LogP contribution in [0.25, 0.3) is 0 Å². The fraction of sp³-hybridized carbons (Fsp3) is 0.529. The van der Waals surface area contributed by atoms with Crippen LogP contribution >= 0.6 is 0 Å². The number of anilines is 1. The summed E-state index contributed by atoms with van der Waals surface area (Å²) in [4.78, 5) is 28.5. The minimum atomic E-state index is -0.226. The number of carbonyl (C=O) groups excluding carboxylic acids is 2. The maximum atomic E-state index is 12.6. The van der Waals surface area contributed by atoms with Crippen molar-refractivity contribution < 1.29 is 14.3 Å². The number of amides is 2. The minimum absolute atomic E-state index is 0.000130. The third-order valence-corrected chi connectivity index (χ3v) is 4.52. The molecule has 0 unspecified atom stereocenters. The summed E-state index contributed by atoms with van der Waals surface area (Å²) in [7, 11) is 1.59. The minimum Gasteiger partial charge on any atom is -0.495 e. The molecule has 5 heteroatoms. The molecule has 1 atom stereocenters. The largest absolute Gasteiger partial charge is 0.495 e. The van der Waals surface area contributed by atoms with Gasteiger partial charge in [-0.15, -0.1) is 0 Å². The predicted octanol–water partition coefficient (Wildman–Crippen LogP) is 2.06. The second-order valence-corrected chi connectivity index (χ2v) is 5.96. The molecule has 0 radical (unpaired) electrons. The molecule has 0 saturated carbocycles. The highest BCUT2D eigenvalue weighted by molar-refractivity contribution is 6.01. The fourth-order valence-electron chi connectivity index (χ4n) is 3.33. The second-order valence-electron chi connectivity index (χ2n) is 5.96. The van der Waals surface area contributed by atoms with E-state index in [4.69, 9.17) is 4.74 Å². The number of hydrogen-bond donors (Lipinski definition) is 0. The lowest BCUT2D eigenvalue weighted by molar-refractivity contribution is -0.136. The van der Waals surface area contributed by atoms with Crippen molar-refractivity contribution in [1.29, 1.82) is 0 Å². The van der Waals surface area contributed by atoms with Gasteiger partial charge in [0.15, 0.2) is 0 Å². The molecule has 1 aromatic carbocycles. The first-order valence-corrected chi connectivity index (χ1v) is 7.93. The van der Waals surface area contributed by atoms with Crippen LogP contribution in [0.15, 0.2) is 24.3 Å². The van der Waals surface area contributed by atoms with Crippen LogP contribution in [0.1, 0.15) is 25.7 Å². The molecule has 3 rings (SSSR count). The predicted molar refractivity (Wildman–Crippen MR) is 83.9 cm³/mol. The zero-order chi connectivity index (χ0) is 15.5. The van der Waals surface area contributed by atoms with Gasteiger partial charge in [-0.1, -0.05) is 12.1 Å². The molecule has 2 aliphatic rings. The molecule has 2 fully saturated rings. The number of ether oxygens (including phenoxy) is 1. The SMILES string of the molecule is COc1ccccc1N1C[C@H](C(=O)N2CCCCC2)CC1=O. The van der Waals surface area contributed by atoms with Crippen LogP contribution in [0.3, 0.4) is 0 Å². The van der Waals surface area contributed by atoms with Crippen molar-refractivity contribution in [3.05, 3.63) is 24.3 Å². The first-order chi connectivity index (χ1) is 10.7. The van der Waals surface area contributed by atoms with E-state index in [1.807, 2.05) is 29.2 Å². The first-order valence-electron chi connectivity index (χ1n) is 7.93. The standard InChI is InChI=1S/C17H22N2O3/c1-22-15-8-4-3-7-14(15)19-12-13(11-16(19)20)17(21)18-9-5-2-6-10-18/h3-4,7-8,13H,2,5-6,9-12H2,1H3/t13-/m1/s1. The Hall–Kier alpha value is -2.04. The normalized spacial score (nSPS) is 22.0. The zero-order valence-corrected chi connectivity index (χ0v) is 13.0. The third-order valence-electron chi connectivity index (χ3n) is 4.52. The molecule has 2 saturated heterocycles. The van der Waals surface area contributed by atoms with E-state index >= 15 is 0 Å². The molecule has 1 aromatic rings. The van der Waals surface area contributed by atoms with Crippen LogP contribution in [-0.4, -0.2) is 43.5 Å². The van der Waals surface area contributed by atoms with Crippen molar-refractivity contribution in [2.24, 2.45) is 5.92 Å². The van der Waals surface area contributed by atoms with Gasteiger partial charge in [-0.2, -0.15) is 0 Å². The second kappa shape index (κ2) is 6.38. The van der Waals surface area contributed by atoms with Crippen LogP contribution in [0.4, 0.5) is 5.69 Å². The summed E-state index contributed by atoms with van der Waals surface area (Å²) >= 11 is 0. The van der Waals surface area contributed by atoms with Gasteiger partial charge in [-0.3, -0.25) is 9.59 Å². The molecule has 2 amide bonds. The van der Waals surface area contributed by atoms with Crippen LogP contribution in [0, 0.1) is 5.92 Å². The molecule has 5 nitrogen and oxygen atoms in total. The lowest BCUT2D eigenvalue weighted by Crippen LogP contribution is -2.40. The quantitative estimate of drug-likeness (QED) is 0.859. The van der Waals surface area contributed by atoms with E-state index in [1.165, 1.54) is 6.42 Å². The number of piperidine rings is 1. The molecule has 0 aliphatic carbocycles. The molecule has 22 heavy (non-hydrogen) atoms. The van der Waals surface area contributed by atoms with Gasteiger partial charge in [0, 0.05) is 26.1 Å². The number of nitrogens with zero attached hydrogens (tertiary/aromatic N) is 2. The Morgan fingerprint density at radius 1 is 1.18 bits per heavy atom. The van der Waals surface area contributed by atoms with Crippen molar-refractivity contribution in [2.45, 2.75) is 25.7 Å². The van der Waals surface area contributed by atoms with E-state index in [2.05, 4.69) is 0 Å². The van der Waals surface area contributed by atoms with Crippen LogP contribution in [0.5, 0.6) is 5.75 Å². The van der Waals surface area contributed by atoms with E-state index in [1.54, 1.807) is 12.0 Å². The van der Waals surface area contributed by atoms with E-state index < -0.39 is 0 Å². The van der Waals surface area contributed by atoms with E-state index in [-0.39, 0.29) is 17.7 Å². The van der Waals surface area contributed by atoms with Gasteiger partial charge in [0.2, 0.25) is 11.8 Å². The van der Waals surface area contributed by atoms with Gasteiger partial charge >= 0.3 is 0 Å². The summed E-state index contributed by atoms with van der Waals surface area (Å²) in [6.07, 6.45) is 3.64. The summed E-state index contributed by atoms with van der Waals surface area (Å²) in [6.45, 7) is 2.12. The van der Waals surface area contributed by atoms with Crippen molar-refractivity contribution in [2.75, 3.05) is 31.6 Å². The van der Waals surface area contributed by atoms with Gasteiger partial charge in [0.25, 0.3) is 0 Å². The highest BCUT2D eigenvalue weighted by Gasteiger charge is 2.38. The molecule has 0 N–H and O–H groups in total. The number of hydrogen-bond acceptors (Lipinski definition) is 3. The Morgan fingerprint density at radius 2 is 1.91 bits per heavy atom. The van der Waals surface area contributed by atoms with E-state index in [0.29, 0.717) is 18.7 Å². The number of likely N-dealkylation sites (tertiary alicyclic amines) is 1. The van der Waals surface area contributed by atoms with Crippen molar-refractivity contribution >= 4 is 17.5 Å². The number of benzene rings is 1. The molecular weight excluding hydrogens is 280 g/mol. The number of para-hydroxylation sites is 2. The summed E-state index contributed by atoms with van der Waals surface area (Å²) in [6, 6.07) is 7.46. The Balaban J connectivity index is 1.74. The molecule has 2 aliphatic heterocycles. The summed E-state index contributed by atoms with van der Waals surface area (Å²) in [5, 5.41) is 0. The van der Waals surface area contributed by atoms with Crippen LogP contribution < -0.4 is 9.64 Å². The lowest BCUT2D eigenvalue weighted by Gasteiger charge is -2.29. The van der Waals surface area contributed by atoms with Gasteiger partial charge < -0.3 is 14.5 Å². The molecule has 118 valence electrons. The van der Waals surface area contributed by atoms with Crippen molar-refractivity contribution in [1.82, 2.24) is 4.90 Å². The van der Waals surface area contributed by atoms with Gasteiger partial charge in [-0.05, 0) is 31.4 Å². The van der Waals surface area contributed by atoms with Crippen LogP contribution in [0.2, 0.25) is 0 Å². The average molecular weight is 302 g/mol. The first kappa shape index (κ1) is 14.9. The highest BCUT2D eigenvalue weighted by Crippen LogP contribution is 2.33. The number of carbonyl (C=O) groups is 2. The highest BCUT2D eigenvalue weighted by atomic mass is 16.5. The van der Waals surface area contributed by atoms with Gasteiger partial charge in [0.05, 0.1) is 18.7 Å². The lowest BCUT2D eigenvalue weighted by atomic mass is 10.0. The average Bonchev–Trinajstić information content (AvgIpc) is 2.96. The molecule has 2 heterocycles. The Kier molecular flexibility index (Phi) is 4.32. The fourth-order valence-corrected chi connectivity index (χ4v) is 3.33. The summed E-state index contributed by atoms with van der Waals surface area (Å²) in [5.74, 6) is 0.572. The molecule has 0 spiro atoms. The van der Waals surface area contributed by atoms with Crippen molar-refractivity contribution in [3.63, 3.8) is 0 Å². The maximum absolute atomic E-state index is 12.6. The van der Waals surface area contributed by atoms with E-state index in [0.717, 1.165) is 31.6 Å². The monoisotopic (exact) mass is 302 g/mol. The molecule has 0 bridgehead atoms. The van der Waals surface area contributed by atoms with Crippen LogP contribution in [-0.2, 0) is 9.59 Å². The molecule has 0 aromatic heterocycles. The van der Waals surface area contributed by atoms with Gasteiger partial charge in [-0.25, -0.2) is 0 Å². The van der Waals surface area contributed by atoms with E-state index in [9.17, 15) is 9.59 Å². The smallest absolute Gasteiger partial charge is 0.228 e. The Labute approximate surface area is 130 Å². The van der Waals surface area contributed by atoms with Gasteiger partial charge in [0.1, 0.15) is 5.75 Å². The summed E-state index contributed by atoms with van der Waals surface area (Å²) < 4.78 is 5.33. The third kappa shape index (κ3) is 2.80. The van der Waals surface area contributed by atoms with Crippen molar-refractivity contribution in [3.8, 4) is 5.75 Å². The summed E-state index contributed by atoms with van der Waals surface area (Å²) in [5.41, 5.74) is 0.754. The maximum Gasteiger partial charge on any atom is 0.228 e. The number of methoxy groups -OCH3 is 1. The Morgan fingerprint density at radius 3 is 2.64 bits per heavy atom. The zero-order valence-electron chi connectivity index (χ0n) is 13.0. The number of rotatable bonds is 3. The topological polar surface area (TPSA) is 49.9 Å². The Bertz CT molecular complexity index is 567.